The fourth-order valence-electron chi connectivity index (χ4n) is 2.31. The fourth-order valence-corrected chi connectivity index (χ4v) is 2.31. The predicted octanol–water partition coefficient (Wildman–Crippen LogP) is 2.29. The lowest BCUT2D eigenvalue weighted by molar-refractivity contribution is -0.137. The Bertz CT molecular complexity index is 740. The Morgan fingerprint density at radius 3 is 2.74 bits per heavy atom. The highest BCUT2D eigenvalue weighted by atomic mass is 19.1. The molecule has 122 valence electrons. The van der Waals surface area contributed by atoms with E-state index < -0.39 is 5.97 Å². The topological polar surface area (TPSA) is 84.2 Å². The van der Waals surface area contributed by atoms with Gasteiger partial charge < -0.3 is 10.4 Å². The van der Waals surface area contributed by atoms with E-state index in [2.05, 4.69) is 10.4 Å². The van der Waals surface area contributed by atoms with Gasteiger partial charge in [-0.25, -0.2) is 4.39 Å². The van der Waals surface area contributed by atoms with E-state index in [-0.39, 0.29) is 31.1 Å². The smallest absolute Gasteiger partial charge is 0.305 e. The number of hydrogen-bond donors (Lipinski definition) is 2. The number of aliphatic carboxylic acids is 1. The van der Waals surface area contributed by atoms with Crippen molar-refractivity contribution in [3.05, 3.63) is 47.0 Å². The summed E-state index contributed by atoms with van der Waals surface area (Å²) in [7, 11) is 0. The first kappa shape index (κ1) is 16.7. The van der Waals surface area contributed by atoms with Crippen molar-refractivity contribution in [2.75, 3.05) is 5.32 Å². The summed E-state index contributed by atoms with van der Waals surface area (Å²) in [6, 6.07) is 5.87. The molecule has 1 amide bonds. The lowest BCUT2D eigenvalue weighted by atomic mass is 10.1. The first-order chi connectivity index (χ1) is 10.9. The molecule has 0 aliphatic carbocycles. The SMILES string of the molecule is Cc1nn(CCC(=O)O)c(C)c1NC(=O)Cc1cccc(F)c1. The Labute approximate surface area is 132 Å². The summed E-state index contributed by atoms with van der Waals surface area (Å²) in [4.78, 5) is 22.8. The molecule has 0 unspecified atom stereocenters. The lowest BCUT2D eigenvalue weighted by Crippen LogP contribution is -2.16. The summed E-state index contributed by atoms with van der Waals surface area (Å²) < 4.78 is 14.7. The molecule has 2 N–H and O–H groups in total. The number of aromatic nitrogens is 2. The second-order valence-corrected chi connectivity index (χ2v) is 5.27. The highest BCUT2D eigenvalue weighted by Crippen LogP contribution is 2.20. The third-order valence-corrected chi connectivity index (χ3v) is 3.44. The van der Waals surface area contributed by atoms with Gasteiger partial charge in [-0.05, 0) is 31.5 Å². The second-order valence-electron chi connectivity index (χ2n) is 5.27. The van der Waals surface area contributed by atoms with Gasteiger partial charge in [0, 0.05) is 0 Å². The highest BCUT2D eigenvalue weighted by Gasteiger charge is 2.15. The minimum absolute atomic E-state index is 0.0430. The molecule has 0 saturated carbocycles. The zero-order valence-corrected chi connectivity index (χ0v) is 13.0. The van der Waals surface area contributed by atoms with E-state index in [1.54, 1.807) is 30.7 Å². The summed E-state index contributed by atoms with van der Waals surface area (Å²) in [6.07, 6.45) is 0.00951. The van der Waals surface area contributed by atoms with Gasteiger partial charge in [-0.15, -0.1) is 0 Å². The number of nitrogens with zero attached hydrogens (tertiary/aromatic N) is 2. The van der Waals surface area contributed by atoms with Crippen molar-refractivity contribution in [1.29, 1.82) is 0 Å². The summed E-state index contributed by atoms with van der Waals surface area (Å²) in [5.41, 5.74) is 2.45. The zero-order valence-electron chi connectivity index (χ0n) is 13.0. The van der Waals surface area contributed by atoms with Gasteiger partial charge in [-0.3, -0.25) is 14.3 Å². The van der Waals surface area contributed by atoms with Gasteiger partial charge in [0.1, 0.15) is 5.82 Å². The maximum absolute atomic E-state index is 13.1. The number of carboxylic acids is 1. The molecular formula is C16H18FN3O3. The Balaban J connectivity index is 2.07. The van der Waals surface area contributed by atoms with Crippen LogP contribution >= 0.6 is 0 Å². The van der Waals surface area contributed by atoms with E-state index in [4.69, 9.17) is 5.11 Å². The van der Waals surface area contributed by atoms with Crippen molar-refractivity contribution in [3.63, 3.8) is 0 Å². The number of halogens is 1. The maximum atomic E-state index is 13.1. The molecule has 0 atom stereocenters. The van der Waals surface area contributed by atoms with Gasteiger partial charge >= 0.3 is 5.97 Å². The number of aryl methyl sites for hydroxylation is 2. The second kappa shape index (κ2) is 7.04. The van der Waals surface area contributed by atoms with Crippen molar-refractivity contribution in [3.8, 4) is 0 Å². The average Bonchev–Trinajstić information content (AvgIpc) is 2.72. The molecule has 7 heteroatoms. The van der Waals surface area contributed by atoms with Crippen LogP contribution in [0.5, 0.6) is 0 Å². The number of carbonyl (C=O) groups excluding carboxylic acids is 1. The number of carboxylic acid groups (broad SMARTS) is 1. The van der Waals surface area contributed by atoms with Gasteiger partial charge in [-0.2, -0.15) is 5.10 Å². The zero-order chi connectivity index (χ0) is 17.0. The van der Waals surface area contributed by atoms with Gasteiger partial charge in [0.15, 0.2) is 0 Å². The first-order valence-corrected chi connectivity index (χ1v) is 7.17. The van der Waals surface area contributed by atoms with Crippen LogP contribution in [-0.2, 0) is 22.6 Å². The van der Waals surface area contributed by atoms with Crippen LogP contribution in [0.2, 0.25) is 0 Å². The molecule has 6 nitrogen and oxygen atoms in total. The van der Waals surface area contributed by atoms with Crippen LogP contribution in [0, 0.1) is 19.7 Å². The fraction of sp³-hybridized carbons (Fsp3) is 0.312. The summed E-state index contributed by atoms with van der Waals surface area (Å²) in [5, 5.41) is 15.7. The van der Waals surface area contributed by atoms with Gasteiger partial charge in [-0.1, -0.05) is 12.1 Å². The van der Waals surface area contributed by atoms with Crippen LogP contribution in [0.25, 0.3) is 0 Å². The molecular weight excluding hydrogens is 301 g/mol. The molecule has 0 saturated heterocycles. The van der Waals surface area contributed by atoms with Crippen molar-refractivity contribution in [2.24, 2.45) is 0 Å². The lowest BCUT2D eigenvalue weighted by Gasteiger charge is -2.07. The van der Waals surface area contributed by atoms with E-state index >= 15 is 0 Å². The Morgan fingerprint density at radius 1 is 1.35 bits per heavy atom. The molecule has 0 bridgehead atoms. The monoisotopic (exact) mass is 319 g/mol. The third kappa shape index (κ3) is 4.38. The number of carbonyl (C=O) groups is 2. The maximum Gasteiger partial charge on any atom is 0.305 e. The van der Waals surface area contributed by atoms with Gasteiger partial charge in [0.2, 0.25) is 5.91 Å². The van der Waals surface area contributed by atoms with Crippen molar-refractivity contribution < 1.29 is 19.1 Å². The van der Waals surface area contributed by atoms with E-state index in [0.29, 0.717) is 22.6 Å². The molecule has 0 aliphatic rings. The van der Waals surface area contributed by atoms with E-state index in [0.717, 1.165) is 0 Å². The average molecular weight is 319 g/mol. The van der Waals surface area contributed by atoms with Crippen LogP contribution < -0.4 is 5.32 Å². The van der Waals surface area contributed by atoms with Crippen LogP contribution in [0.1, 0.15) is 23.4 Å². The summed E-state index contributed by atoms with van der Waals surface area (Å²) >= 11 is 0. The van der Waals surface area contributed by atoms with Crippen LogP contribution in [0.15, 0.2) is 24.3 Å². The number of rotatable bonds is 6. The van der Waals surface area contributed by atoms with Crippen LogP contribution in [0.4, 0.5) is 10.1 Å². The van der Waals surface area contributed by atoms with Crippen LogP contribution in [0.3, 0.4) is 0 Å². The molecule has 0 aliphatic heterocycles. The molecule has 23 heavy (non-hydrogen) atoms. The molecule has 1 aromatic carbocycles. The Hall–Kier alpha value is -2.70. The molecule has 2 rings (SSSR count). The summed E-state index contributed by atoms with van der Waals surface area (Å²) in [6.45, 7) is 3.74. The first-order valence-electron chi connectivity index (χ1n) is 7.17. The van der Waals surface area contributed by atoms with Crippen molar-refractivity contribution in [2.45, 2.75) is 33.2 Å². The molecule has 0 spiro atoms. The van der Waals surface area contributed by atoms with Crippen LogP contribution in [-0.4, -0.2) is 26.8 Å². The molecule has 0 fully saturated rings. The van der Waals surface area contributed by atoms with Gasteiger partial charge in [0.25, 0.3) is 0 Å². The Morgan fingerprint density at radius 2 is 2.09 bits per heavy atom. The minimum atomic E-state index is -0.908. The molecule has 1 heterocycles. The Kier molecular flexibility index (Phi) is 5.10. The number of anilines is 1. The number of benzene rings is 1. The number of amides is 1. The quantitative estimate of drug-likeness (QED) is 0.855. The standard InChI is InChI=1S/C16H18FN3O3/c1-10-16(11(2)20(19-10)7-6-15(22)23)18-14(21)9-12-4-3-5-13(17)8-12/h3-5,8H,6-7,9H2,1-2H3,(H,18,21)(H,22,23). The normalized spacial score (nSPS) is 10.6. The van der Waals surface area contributed by atoms with E-state index in [9.17, 15) is 14.0 Å². The minimum Gasteiger partial charge on any atom is -0.481 e. The molecule has 0 radical (unpaired) electrons. The summed E-state index contributed by atoms with van der Waals surface area (Å²) in [5.74, 6) is -1.57. The third-order valence-electron chi connectivity index (χ3n) is 3.44. The number of hydrogen-bond acceptors (Lipinski definition) is 3. The van der Waals surface area contributed by atoms with E-state index in [1.165, 1.54) is 12.1 Å². The number of nitrogens with one attached hydrogen (secondary N) is 1. The van der Waals surface area contributed by atoms with Crippen molar-refractivity contribution in [1.82, 2.24) is 9.78 Å². The van der Waals surface area contributed by atoms with Crippen molar-refractivity contribution >= 4 is 17.6 Å². The van der Waals surface area contributed by atoms with E-state index in [1.807, 2.05) is 0 Å². The molecule has 1 aromatic heterocycles. The highest BCUT2D eigenvalue weighted by molar-refractivity contribution is 5.93. The largest absolute Gasteiger partial charge is 0.481 e. The van der Waals surface area contributed by atoms with Gasteiger partial charge in [0.05, 0.1) is 36.5 Å². The predicted molar refractivity (Wildman–Crippen MR) is 82.7 cm³/mol. The molecule has 2 aromatic rings.